The fourth-order valence-electron chi connectivity index (χ4n) is 1.82. The van der Waals surface area contributed by atoms with Gasteiger partial charge in [0.05, 0.1) is 31.0 Å². The molecule has 0 unspecified atom stereocenters. The Bertz CT molecular complexity index is 601. The van der Waals surface area contributed by atoms with Gasteiger partial charge in [-0.05, 0) is 39.0 Å². The number of hydrogen-bond donors (Lipinski definition) is 3. The van der Waals surface area contributed by atoms with Gasteiger partial charge in [0.15, 0.2) is 0 Å². The van der Waals surface area contributed by atoms with Crippen LogP contribution in [0.4, 0.5) is 10.5 Å². The average molecular weight is 337 g/mol. The minimum absolute atomic E-state index is 0.0846. The number of anilines is 1. The summed E-state index contributed by atoms with van der Waals surface area (Å²) < 4.78 is 10.3. The number of carbonyl (C=O) groups is 3. The first-order chi connectivity index (χ1) is 11.4. The lowest BCUT2D eigenvalue weighted by Gasteiger charge is -2.16. The van der Waals surface area contributed by atoms with Crippen LogP contribution in [0.5, 0.6) is 5.75 Å². The first-order valence-electron chi connectivity index (χ1n) is 7.58. The van der Waals surface area contributed by atoms with E-state index in [4.69, 9.17) is 4.74 Å². The molecule has 3 amide bonds. The molecule has 1 aromatic rings. The molecule has 0 spiro atoms. The van der Waals surface area contributed by atoms with Gasteiger partial charge in [-0.25, -0.2) is 9.59 Å². The second-order valence-corrected chi connectivity index (χ2v) is 5.13. The fourth-order valence-corrected chi connectivity index (χ4v) is 1.82. The first kappa shape index (κ1) is 19.3. The van der Waals surface area contributed by atoms with Gasteiger partial charge in [0, 0.05) is 6.54 Å². The van der Waals surface area contributed by atoms with Crippen molar-refractivity contribution in [1.29, 1.82) is 0 Å². The van der Waals surface area contributed by atoms with Gasteiger partial charge in [0.1, 0.15) is 5.75 Å². The number of ether oxygens (including phenoxy) is 2. The highest BCUT2D eigenvalue weighted by Crippen LogP contribution is 2.27. The van der Waals surface area contributed by atoms with Gasteiger partial charge >= 0.3 is 12.0 Å². The SMILES string of the molecule is CCNC(=O)NC(=O)CNc1cc(C(=O)OC)ccc1OC(C)C. The Hall–Kier alpha value is -2.77. The average Bonchev–Trinajstić information content (AvgIpc) is 2.52. The molecule has 8 nitrogen and oxygen atoms in total. The summed E-state index contributed by atoms with van der Waals surface area (Å²) in [7, 11) is 1.29. The molecule has 0 aliphatic rings. The van der Waals surface area contributed by atoms with Crippen molar-refractivity contribution < 1.29 is 23.9 Å². The highest BCUT2D eigenvalue weighted by Gasteiger charge is 2.13. The summed E-state index contributed by atoms with van der Waals surface area (Å²) in [5.41, 5.74) is 0.776. The zero-order valence-electron chi connectivity index (χ0n) is 14.3. The normalized spacial score (nSPS) is 10.0. The molecular formula is C16H23N3O5. The summed E-state index contributed by atoms with van der Waals surface area (Å²) in [5.74, 6) is -0.524. The molecule has 0 saturated carbocycles. The quantitative estimate of drug-likeness (QED) is 0.652. The van der Waals surface area contributed by atoms with E-state index in [1.54, 1.807) is 19.1 Å². The number of rotatable bonds is 7. The van der Waals surface area contributed by atoms with E-state index in [1.165, 1.54) is 13.2 Å². The summed E-state index contributed by atoms with van der Waals surface area (Å²) in [6.45, 7) is 5.73. The standard InChI is InChI=1S/C16H23N3O5/c1-5-17-16(22)19-14(20)9-18-12-8-11(15(21)23-4)6-7-13(12)24-10(2)3/h6-8,10,18H,5,9H2,1-4H3,(H2,17,19,20,22). The maximum absolute atomic E-state index is 11.7. The van der Waals surface area contributed by atoms with Crippen LogP contribution in [0, 0.1) is 0 Å². The minimum atomic E-state index is -0.564. The van der Waals surface area contributed by atoms with Crippen LogP contribution < -0.4 is 20.7 Å². The van der Waals surface area contributed by atoms with Crippen molar-refractivity contribution >= 4 is 23.6 Å². The summed E-state index contributed by atoms with van der Waals surface area (Å²) in [4.78, 5) is 34.7. The van der Waals surface area contributed by atoms with Gasteiger partial charge < -0.3 is 20.1 Å². The van der Waals surface area contributed by atoms with Gasteiger partial charge in [0.25, 0.3) is 0 Å². The molecule has 0 bridgehead atoms. The van der Waals surface area contributed by atoms with Gasteiger partial charge in [-0.15, -0.1) is 0 Å². The second kappa shape index (κ2) is 9.39. The maximum atomic E-state index is 11.7. The van der Waals surface area contributed by atoms with Crippen molar-refractivity contribution in [3.8, 4) is 5.75 Å². The van der Waals surface area contributed by atoms with E-state index in [2.05, 4.69) is 20.7 Å². The van der Waals surface area contributed by atoms with Crippen LogP contribution in [-0.4, -0.2) is 44.2 Å². The third-order valence-electron chi connectivity index (χ3n) is 2.79. The molecule has 1 aromatic carbocycles. The summed E-state index contributed by atoms with van der Waals surface area (Å²) in [6, 6.07) is 4.16. The lowest BCUT2D eigenvalue weighted by Crippen LogP contribution is -2.41. The number of imide groups is 1. The maximum Gasteiger partial charge on any atom is 0.337 e. The van der Waals surface area contributed by atoms with Crippen LogP contribution in [0.3, 0.4) is 0 Å². The van der Waals surface area contributed by atoms with E-state index < -0.39 is 17.9 Å². The molecule has 0 aromatic heterocycles. The highest BCUT2D eigenvalue weighted by molar-refractivity contribution is 5.96. The van der Waals surface area contributed by atoms with E-state index in [9.17, 15) is 14.4 Å². The minimum Gasteiger partial charge on any atom is -0.489 e. The van der Waals surface area contributed by atoms with Crippen molar-refractivity contribution in [2.45, 2.75) is 26.9 Å². The van der Waals surface area contributed by atoms with Crippen LogP contribution in [-0.2, 0) is 9.53 Å². The van der Waals surface area contributed by atoms with Crippen molar-refractivity contribution in [2.75, 3.05) is 25.5 Å². The Balaban J connectivity index is 2.83. The van der Waals surface area contributed by atoms with Crippen molar-refractivity contribution in [2.24, 2.45) is 0 Å². The lowest BCUT2D eigenvalue weighted by atomic mass is 10.2. The van der Waals surface area contributed by atoms with Crippen LogP contribution in [0.15, 0.2) is 18.2 Å². The van der Waals surface area contributed by atoms with E-state index in [-0.39, 0.29) is 12.6 Å². The predicted octanol–water partition coefficient (Wildman–Crippen LogP) is 1.52. The molecule has 0 aliphatic carbocycles. The molecule has 24 heavy (non-hydrogen) atoms. The molecule has 0 atom stereocenters. The molecular weight excluding hydrogens is 314 g/mol. The molecule has 1 rings (SSSR count). The zero-order chi connectivity index (χ0) is 18.1. The van der Waals surface area contributed by atoms with E-state index in [1.807, 2.05) is 13.8 Å². The number of hydrogen-bond acceptors (Lipinski definition) is 6. The van der Waals surface area contributed by atoms with Crippen LogP contribution in [0.1, 0.15) is 31.1 Å². The number of amides is 3. The molecule has 0 heterocycles. The second-order valence-electron chi connectivity index (χ2n) is 5.13. The lowest BCUT2D eigenvalue weighted by molar-refractivity contribution is -0.118. The van der Waals surface area contributed by atoms with E-state index >= 15 is 0 Å². The highest BCUT2D eigenvalue weighted by atomic mass is 16.5. The smallest absolute Gasteiger partial charge is 0.337 e. The van der Waals surface area contributed by atoms with E-state index in [0.29, 0.717) is 23.5 Å². The fraction of sp³-hybridized carbons (Fsp3) is 0.438. The Morgan fingerprint density at radius 3 is 2.50 bits per heavy atom. The Morgan fingerprint density at radius 1 is 1.21 bits per heavy atom. The molecule has 0 fully saturated rings. The molecule has 8 heteroatoms. The summed E-state index contributed by atoms with van der Waals surface area (Å²) in [6.07, 6.45) is -0.0846. The molecule has 0 aliphatic heterocycles. The van der Waals surface area contributed by atoms with Gasteiger partial charge in [0.2, 0.25) is 5.91 Å². The molecule has 0 saturated heterocycles. The van der Waals surface area contributed by atoms with Gasteiger partial charge in [-0.3, -0.25) is 10.1 Å². The number of esters is 1. The molecule has 3 N–H and O–H groups in total. The summed E-state index contributed by atoms with van der Waals surface area (Å²) >= 11 is 0. The molecule has 0 radical (unpaired) electrons. The largest absolute Gasteiger partial charge is 0.489 e. The zero-order valence-corrected chi connectivity index (χ0v) is 14.3. The number of urea groups is 1. The summed E-state index contributed by atoms with van der Waals surface area (Å²) in [5, 5.41) is 7.50. The number of methoxy groups -OCH3 is 1. The topological polar surface area (TPSA) is 106 Å². The van der Waals surface area contributed by atoms with Crippen molar-refractivity contribution in [3.63, 3.8) is 0 Å². The Morgan fingerprint density at radius 2 is 1.92 bits per heavy atom. The van der Waals surface area contributed by atoms with Gasteiger partial charge in [-0.1, -0.05) is 0 Å². The van der Waals surface area contributed by atoms with Crippen LogP contribution in [0.2, 0.25) is 0 Å². The number of carbonyl (C=O) groups excluding carboxylic acids is 3. The predicted molar refractivity (Wildman–Crippen MR) is 89.3 cm³/mol. The van der Waals surface area contributed by atoms with Crippen LogP contribution in [0.25, 0.3) is 0 Å². The van der Waals surface area contributed by atoms with E-state index in [0.717, 1.165) is 0 Å². The Labute approximate surface area is 140 Å². The number of benzene rings is 1. The Kier molecular flexibility index (Phi) is 7.54. The first-order valence-corrected chi connectivity index (χ1v) is 7.58. The van der Waals surface area contributed by atoms with Crippen molar-refractivity contribution in [1.82, 2.24) is 10.6 Å². The monoisotopic (exact) mass is 337 g/mol. The molecule has 132 valence electrons. The van der Waals surface area contributed by atoms with Crippen molar-refractivity contribution in [3.05, 3.63) is 23.8 Å². The van der Waals surface area contributed by atoms with Gasteiger partial charge in [-0.2, -0.15) is 0 Å². The number of nitrogens with one attached hydrogen (secondary N) is 3. The third-order valence-corrected chi connectivity index (χ3v) is 2.79. The van der Waals surface area contributed by atoms with Crippen LogP contribution >= 0.6 is 0 Å². The third kappa shape index (κ3) is 6.15.